The summed E-state index contributed by atoms with van der Waals surface area (Å²) in [4.78, 5) is 23.6. The normalized spacial score (nSPS) is 13.9. The molecule has 0 aromatic rings. The van der Waals surface area contributed by atoms with Gasteiger partial charge in [0.25, 0.3) is 0 Å². The van der Waals surface area contributed by atoms with E-state index in [1.165, 1.54) is 0 Å². The topological polar surface area (TPSA) is 58.2 Å². The molecule has 4 heteroatoms. The van der Waals surface area contributed by atoms with Gasteiger partial charge in [0.15, 0.2) is 0 Å². The van der Waals surface area contributed by atoms with E-state index in [0.29, 0.717) is 12.8 Å². The first-order chi connectivity index (χ1) is 7.94. The van der Waals surface area contributed by atoms with Crippen LogP contribution in [0.3, 0.4) is 0 Å². The summed E-state index contributed by atoms with van der Waals surface area (Å²) >= 11 is 0. The molecule has 0 aliphatic carbocycles. The lowest BCUT2D eigenvalue weighted by Gasteiger charge is -2.29. The molecule has 1 atom stereocenters. The molecule has 2 amide bonds. The maximum atomic E-state index is 12.2. The van der Waals surface area contributed by atoms with Gasteiger partial charge >= 0.3 is 0 Å². The molecule has 0 saturated heterocycles. The Bertz CT molecular complexity index is 298. The van der Waals surface area contributed by atoms with Crippen LogP contribution in [0, 0.1) is 5.41 Å². The van der Waals surface area contributed by atoms with Crippen molar-refractivity contribution in [2.75, 3.05) is 0 Å². The predicted octanol–water partition coefficient (Wildman–Crippen LogP) is 2.23. The van der Waals surface area contributed by atoms with Gasteiger partial charge in [-0.05, 0) is 32.6 Å². The predicted molar refractivity (Wildman–Crippen MR) is 74.2 cm³/mol. The minimum absolute atomic E-state index is 0.0130. The SMILES string of the molecule is CCC(=O)N[C@@H](CC(C)(C)C)C(=O)NC(C)(C)C. The fourth-order valence-corrected chi connectivity index (χ4v) is 1.57. The van der Waals surface area contributed by atoms with Crippen LogP contribution in [-0.4, -0.2) is 23.4 Å². The summed E-state index contributed by atoms with van der Waals surface area (Å²) in [5, 5.41) is 5.71. The highest BCUT2D eigenvalue weighted by molar-refractivity contribution is 5.87. The maximum Gasteiger partial charge on any atom is 0.242 e. The van der Waals surface area contributed by atoms with Crippen LogP contribution in [0.2, 0.25) is 0 Å². The first-order valence-corrected chi connectivity index (χ1v) is 6.56. The Kier molecular flexibility index (Phi) is 5.84. The van der Waals surface area contributed by atoms with Gasteiger partial charge in [0, 0.05) is 12.0 Å². The Hall–Kier alpha value is -1.06. The highest BCUT2D eigenvalue weighted by Crippen LogP contribution is 2.21. The quantitative estimate of drug-likeness (QED) is 0.810. The largest absolute Gasteiger partial charge is 0.350 e. The first kappa shape index (κ1) is 16.9. The second-order valence-corrected chi connectivity index (χ2v) is 6.98. The maximum absolute atomic E-state index is 12.2. The highest BCUT2D eigenvalue weighted by atomic mass is 16.2. The Labute approximate surface area is 111 Å². The Morgan fingerprint density at radius 3 is 1.89 bits per heavy atom. The van der Waals surface area contributed by atoms with E-state index in [0.717, 1.165) is 0 Å². The lowest BCUT2D eigenvalue weighted by atomic mass is 9.87. The third-order valence-electron chi connectivity index (χ3n) is 2.29. The standard InChI is InChI=1S/C14H28N2O2/c1-8-11(17)15-10(9-13(2,3)4)12(18)16-14(5,6)7/h10H,8-9H2,1-7H3,(H,15,17)(H,16,18)/t10-/m0/s1. The second-order valence-electron chi connectivity index (χ2n) is 6.98. The molecule has 0 heterocycles. The third kappa shape index (κ3) is 8.09. The van der Waals surface area contributed by atoms with E-state index in [2.05, 4.69) is 31.4 Å². The molecule has 0 unspecified atom stereocenters. The van der Waals surface area contributed by atoms with Crippen molar-refractivity contribution in [1.82, 2.24) is 10.6 Å². The summed E-state index contributed by atoms with van der Waals surface area (Å²) in [6.45, 7) is 13.8. The minimum atomic E-state index is -0.461. The van der Waals surface area contributed by atoms with Gasteiger partial charge in [-0.25, -0.2) is 0 Å². The van der Waals surface area contributed by atoms with Crippen LogP contribution in [-0.2, 0) is 9.59 Å². The number of amides is 2. The zero-order chi connectivity index (χ0) is 14.6. The molecular weight excluding hydrogens is 228 g/mol. The van der Waals surface area contributed by atoms with Crippen LogP contribution < -0.4 is 10.6 Å². The lowest BCUT2D eigenvalue weighted by Crippen LogP contribution is -2.53. The monoisotopic (exact) mass is 256 g/mol. The van der Waals surface area contributed by atoms with Crippen LogP contribution in [0.25, 0.3) is 0 Å². The molecule has 0 aliphatic rings. The van der Waals surface area contributed by atoms with Gasteiger partial charge < -0.3 is 10.6 Å². The van der Waals surface area contributed by atoms with Crippen molar-refractivity contribution < 1.29 is 9.59 Å². The zero-order valence-electron chi connectivity index (χ0n) is 12.8. The molecule has 2 N–H and O–H groups in total. The van der Waals surface area contributed by atoms with E-state index in [1.54, 1.807) is 6.92 Å². The van der Waals surface area contributed by atoms with E-state index in [-0.39, 0.29) is 22.8 Å². The summed E-state index contributed by atoms with van der Waals surface area (Å²) in [6, 6.07) is -0.461. The summed E-state index contributed by atoms with van der Waals surface area (Å²) in [5.41, 5.74) is -0.301. The van der Waals surface area contributed by atoms with Gasteiger partial charge in [0.2, 0.25) is 11.8 Å². The number of hydrogen-bond donors (Lipinski definition) is 2. The lowest BCUT2D eigenvalue weighted by molar-refractivity contribution is -0.130. The Morgan fingerprint density at radius 1 is 1.06 bits per heavy atom. The highest BCUT2D eigenvalue weighted by Gasteiger charge is 2.28. The van der Waals surface area contributed by atoms with Gasteiger partial charge in [-0.2, -0.15) is 0 Å². The van der Waals surface area contributed by atoms with Crippen molar-refractivity contribution in [1.29, 1.82) is 0 Å². The number of nitrogens with one attached hydrogen (secondary N) is 2. The summed E-state index contributed by atoms with van der Waals surface area (Å²) in [5.74, 6) is -0.201. The third-order valence-corrected chi connectivity index (χ3v) is 2.29. The van der Waals surface area contributed by atoms with E-state index < -0.39 is 6.04 Å². The molecular formula is C14H28N2O2. The van der Waals surface area contributed by atoms with Gasteiger partial charge in [0.05, 0.1) is 0 Å². The molecule has 0 aromatic heterocycles. The number of rotatable bonds is 4. The van der Waals surface area contributed by atoms with Crippen LogP contribution in [0.15, 0.2) is 0 Å². The molecule has 0 saturated carbocycles. The summed E-state index contributed by atoms with van der Waals surface area (Å²) < 4.78 is 0. The second kappa shape index (κ2) is 6.21. The van der Waals surface area contributed by atoms with Crippen molar-refractivity contribution in [3.8, 4) is 0 Å². The molecule has 0 bridgehead atoms. The number of carbonyl (C=O) groups excluding carboxylic acids is 2. The van der Waals surface area contributed by atoms with E-state index in [4.69, 9.17) is 0 Å². The molecule has 0 fully saturated rings. The molecule has 0 spiro atoms. The van der Waals surface area contributed by atoms with Crippen molar-refractivity contribution in [2.24, 2.45) is 5.41 Å². The average Bonchev–Trinajstić information content (AvgIpc) is 2.11. The fraction of sp³-hybridized carbons (Fsp3) is 0.857. The van der Waals surface area contributed by atoms with E-state index in [1.807, 2.05) is 20.8 Å². The molecule has 0 aliphatic heterocycles. The first-order valence-electron chi connectivity index (χ1n) is 6.56. The number of carbonyl (C=O) groups is 2. The van der Waals surface area contributed by atoms with Crippen LogP contribution in [0.5, 0.6) is 0 Å². The van der Waals surface area contributed by atoms with E-state index >= 15 is 0 Å². The summed E-state index contributed by atoms with van der Waals surface area (Å²) in [6.07, 6.45) is 1.02. The molecule has 4 nitrogen and oxygen atoms in total. The zero-order valence-corrected chi connectivity index (χ0v) is 12.8. The van der Waals surface area contributed by atoms with Crippen LogP contribution >= 0.6 is 0 Å². The molecule has 18 heavy (non-hydrogen) atoms. The Balaban J connectivity index is 4.75. The summed E-state index contributed by atoms with van der Waals surface area (Å²) in [7, 11) is 0. The fourth-order valence-electron chi connectivity index (χ4n) is 1.57. The van der Waals surface area contributed by atoms with Crippen molar-refractivity contribution in [3.63, 3.8) is 0 Å². The molecule has 0 radical (unpaired) electrons. The average molecular weight is 256 g/mol. The van der Waals surface area contributed by atoms with Gasteiger partial charge in [-0.1, -0.05) is 27.7 Å². The Morgan fingerprint density at radius 2 is 1.56 bits per heavy atom. The van der Waals surface area contributed by atoms with Gasteiger partial charge in [-0.15, -0.1) is 0 Å². The number of hydrogen-bond acceptors (Lipinski definition) is 2. The van der Waals surface area contributed by atoms with Crippen molar-refractivity contribution in [3.05, 3.63) is 0 Å². The van der Waals surface area contributed by atoms with Crippen molar-refractivity contribution in [2.45, 2.75) is 72.9 Å². The van der Waals surface area contributed by atoms with Gasteiger partial charge in [0.1, 0.15) is 6.04 Å². The van der Waals surface area contributed by atoms with Crippen LogP contribution in [0.1, 0.15) is 61.3 Å². The molecule has 106 valence electrons. The minimum Gasteiger partial charge on any atom is -0.350 e. The van der Waals surface area contributed by atoms with Crippen molar-refractivity contribution >= 4 is 11.8 Å². The van der Waals surface area contributed by atoms with Crippen LogP contribution in [0.4, 0.5) is 0 Å². The molecule has 0 rings (SSSR count). The van der Waals surface area contributed by atoms with Gasteiger partial charge in [-0.3, -0.25) is 9.59 Å². The van der Waals surface area contributed by atoms with E-state index in [9.17, 15) is 9.59 Å². The molecule has 0 aromatic carbocycles. The smallest absolute Gasteiger partial charge is 0.242 e.